The number of nitrogens with one attached hydrogen (secondary N) is 1. The molecule has 3 aromatic rings. The molecule has 2 heteroatoms. The Morgan fingerprint density at radius 3 is 2.19 bits per heavy atom. The van der Waals surface area contributed by atoms with Gasteiger partial charge in [-0.3, -0.25) is 0 Å². The maximum atomic E-state index is 9.33. The molecule has 1 N–H and O–H groups in total. The van der Waals surface area contributed by atoms with Gasteiger partial charge in [-0.25, -0.2) is 0 Å². The van der Waals surface area contributed by atoms with Crippen LogP contribution in [0, 0.1) is 16.7 Å². The second-order valence-corrected chi connectivity index (χ2v) is 5.38. The van der Waals surface area contributed by atoms with Crippen molar-refractivity contribution in [3.8, 4) is 6.07 Å². The fourth-order valence-corrected chi connectivity index (χ4v) is 3.00. The average Bonchev–Trinajstić information content (AvgIpc) is 2.51. The number of rotatable bonds is 0. The van der Waals surface area contributed by atoms with Gasteiger partial charge in [0, 0.05) is 0 Å². The molecule has 0 spiro atoms. The van der Waals surface area contributed by atoms with E-state index in [1.807, 2.05) is 18.2 Å². The Morgan fingerprint density at radius 2 is 1.52 bits per heavy atom. The molecule has 98 valence electrons. The van der Waals surface area contributed by atoms with Crippen LogP contribution in [0.2, 0.25) is 0 Å². The lowest BCUT2D eigenvalue weighted by atomic mass is 9.84. The molecule has 0 heterocycles. The summed E-state index contributed by atoms with van der Waals surface area (Å²) < 4.78 is 0. The average molecular weight is 268 g/mol. The molecule has 1 aliphatic rings. The van der Waals surface area contributed by atoms with E-state index in [0.29, 0.717) is 5.71 Å². The van der Waals surface area contributed by atoms with Crippen LogP contribution in [-0.4, -0.2) is 5.71 Å². The summed E-state index contributed by atoms with van der Waals surface area (Å²) in [5, 5.41) is 21.9. The lowest BCUT2D eigenvalue weighted by molar-refractivity contribution is 1.12. The molecule has 0 radical (unpaired) electrons. The molecule has 2 nitrogen and oxygen atoms in total. The third-order valence-electron chi connectivity index (χ3n) is 4.10. The quantitative estimate of drug-likeness (QED) is 0.593. The monoisotopic (exact) mass is 268 g/mol. The van der Waals surface area contributed by atoms with Crippen LogP contribution in [0.4, 0.5) is 0 Å². The largest absolute Gasteiger partial charge is 0.304 e. The van der Waals surface area contributed by atoms with Gasteiger partial charge in [0.1, 0.15) is 5.92 Å². The van der Waals surface area contributed by atoms with E-state index in [1.54, 1.807) is 6.08 Å². The van der Waals surface area contributed by atoms with Gasteiger partial charge < -0.3 is 5.41 Å². The number of hydrogen-bond acceptors (Lipinski definition) is 2. The molecule has 0 saturated heterocycles. The van der Waals surface area contributed by atoms with Crippen molar-refractivity contribution >= 4 is 33.3 Å². The molecular formula is C19H12N2. The van der Waals surface area contributed by atoms with Crippen LogP contribution in [0.25, 0.3) is 27.6 Å². The van der Waals surface area contributed by atoms with Crippen molar-refractivity contribution in [2.45, 2.75) is 5.92 Å². The number of nitrogens with zero attached hydrogens (tertiary/aromatic N) is 1. The zero-order valence-corrected chi connectivity index (χ0v) is 11.3. The lowest BCUT2D eigenvalue weighted by Gasteiger charge is -2.18. The van der Waals surface area contributed by atoms with Gasteiger partial charge in [-0.2, -0.15) is 5.26 Å². The summed E-state index contributed by atoms with van der Waals surface area (Å²) in [6, 6.07) is 19.0. The smallest absolute Gasteiger partial charge is 0.113 e. The highest BCUT2D eigenvalue weighted by Crippen LogP contribution is 2.33. The summed E-state index contributed by atoms with van der Waals surface area (Å²) in [6.07, 6.45) is 3.66. The Balaban J connectivity index is 2.06. The van der Waals surface area contributed by atoms with E-state index >= 15 is 0 Å². The minimum Gasteiger partial charge on any atom is -0.304 e. The summed E-state index contributed by atoms with van der Waals surface area (Å²) in [7, 11) is 0. The molecule has 0 amide bonds. The van der Waals surface area contributed by atoms with Gasteiger partial charge in [0.25, 0.3) is 0 Å². The van der Waals surface area contributed by atoms with E-state index in [2.05, 4.69) is 42.5 Å². The predicted octanol–water partition coefficient (Wildman–Crippen LogP) is 4.65. The van der Waals surface area contributed by atoms with Gasteiger partial charge in [-0.1, -0.05) is 30.3 Å². The van der Waals surface area contributed by atoms with Crippen molar-refractivity contribution in [2.24, 2.45) is 0 Å². The Morgan fingerprint density at radius 1 is 0.857 bits per heavy atom. The standard InChI is InChI=1S/C19H12N2/c20-11-18-17-10-16-8-13-4-2-1-3-12(13)7-15(16)9-14(17)5-6-19(18)21/h1-10,18,21H. The van der Waals surface area contributed by atoms with Crippen LogP contribution in [0.3, 0.4) is 0 Å². The normalized spacial score (nSPS) is 16.9. The Bertz CT molecular complexity index is 974. The number of fused-ring (bicyclic) bond motifs is 3. The van der Waals surface area contributed by atoms with Crippen LogP contribution < -0.4 is 0 Å². The molecule has 0 fully saturated rings. The predicted molar refractivity (Wildman–Crippen MR) is 86.6 cm³/mol. The molecule has 1 atom stereocenters. The highest BCUT2D eigenvalue weighted by molar-refractivity contribution is 6.08. The molecular weight excluding hydrogens is 256 g/mol. The Hall–Kier alpha value is -2.92. The molecule has 1 aliphatic carbocycles. The molecule has 0 saturated carbocycles. The number of benzene rings is 3. The van der Waals surface area contributed by atoms with Gasteiger partial charge in [0.05, 0.1) is 11.8 Å². The summed E-state index contributed by atoms with van der Waals surface area (Å²) in [6.45, 7) is 0. The van der Waals surface area contributed by atoms with Gasteiger partial charge in [-0.15, -0.1) is 0 Å². The molecule has 4 rings (SSSR count). The zero-order chi connectivity index (χ0) is 14.4. The van der Waals surface area contributed by atoms with Crippen molar-refractivity contribution in [1.82, 2.24) is 0 Å². The third kappa shape index (κ3) is 1.75. The number of nitriles is 1. The summed E-state index contributed by atoms with van der Waals surface area (Å²) in [5.41, 5.74) is 2.35. The van der Waals surface area contributed by atoms with Gasteiger partial charge in [0.15, 0.2) is 0 Å². The van der Waals surface area contributed by atoms with Crippen molar-refractivity contribution in [2.75, 3.05) is 0 Å². The van der Waals surface area contributed by atoms with E-state index in [0.717, 1.165) is 16.5 Å². The lowest BCUT2D eigenvalue weighted by Crippen LogP contribution is -2.12. The van der Waals surface area contributed by atoms with E-state index in [1.165, 1.54) is 16.2 Å². The Labute approximate surface area is 122 Å². The first kappa shape index (κ1) is 11.9. The molecule has 0 bridgehead atoms. The highest BCUT2D eigenvalue weighted by Gasteiger charge is 2.21. The first-order chi connectivity index (χ1) is 10.3. The van der Waals surface area contributed by atoms with E-state index in [-0.39, 0.29) is 0 Å². The van der Waals surface area contributed by atoms with E-state index < -0.39 is 5.92 Å². The number of allylic oxidation sites excluding steroid dienone is 1. The fourth-order valence-electron chi connectivity index (χ4n) is 3.00. The van der Waals surface area contributed by atoms with Crippen LogP contribution in [0.1, 0.15) is 17.0 Å². The summed E-state index contributed by atoms with van der Waals surface area (Å²) in [5.74, 6) is -0.458. The van der Waals surface area contributed by atoms with Gasteiger partial charge in [-0.05, 0) is 63.0 Å². The van der Waals surface area contributed by atoms with Crippen LogP contribution >= 0.6 is 0 Å². The van der Waals surface area contributed by atoms with Crippen molar-refractivity contribution in [3.63, 3.8) is 0 Å². The van der Waals surface area contributed by atoms with Gasteiger partial charge in [0.2, 0.25) is 0 Å². The summed E-state index contributed by atoms with van der Waals surface area (Å²) in [4.78, 5) is 0. The fraction of sp³-hybridized carbons (Fsp3) is 0.0526. The van der Waals surface area contributed by atoms with Crippen LogP contribution in [0.5, 0.6) is 0 Å². The van der Waals surface area contributed by atoms with Crippen molar-refractivity contribution < 1.29 is 0 Å². The third-order valence-corrected chi connectivity index (χ3v) is 4.10. The summed E-state index contributed by atoms with van der Waals surface area (Å²) >= 11 is 0. The SMILES string of the molecule is N#CC1C(=N)C=Cc2cc3cc4ccccc4cc3cc21. The molecule has 1 unspecified atom stereocenters. The molecule has 3 aromatic carbocycles. The highest BCUT2D eigenvalue weighted by atomic mass is 14.5. The topological polar surface area (TPSA) is 47.6 Å². The maximum absolute atomic E-state index is 9.33. The number of hydrogen-bond donors (Lipinski definition) is 1. The van der Waals surface area contributed by atoms with Crippen LogP contribution in [0.15, 0.2) is 54.6 Å². The van der Waals surface area contributed by atoms with Crippen molar-refractivity contribution in [1.29, 1.82) is 10.7 Å². The second kappa shape index (κ2) is 4.29. The molecule has 0 aromatic heterocycles. The minimum atomic E-state index is -0.458. The molecule has 0 aliphatic heterocycles. The van der Waals surface area contributed by atoms with Crippen LogP contribution in [-0.2, 0) is 0 Å². The first-order valence-electron chi connectivity index (χ1n) is 6.89. The second-order valence-electron chi connectivity index (χ2n) is 5.38. The van der Waals surface area contributed by atoms with Crippen molar-refractivity contribution in [3.05, 3.63) is 65.7 Å². The van der Waals surface area contributed by atoms with E-state index in [4.69, 9.17) is 5.41 Å². The Kier molecular flexibility index (Phi) is 2.43. The zero-order valence-electron chi connectivity index (χ0n) is 11.3. The molecule has 21 heavy (non-hydrogen) atoms. The minimum absolute atomic E-state index is 0.366. The first-order valence-corrected chi connectivity index (χ1v) is 6.89. The van der Waals surface area contributed by atoms with Gasteiger partial charge >= 0.3 is 0 Å². The maximum Gasteiger partial charge on any atom is 0.113 e. The van der Waals surface area contributed by atoms with E-state index in [9.17, 15) is 5.26 Å².